The van der Waals surface area contributed by atoms with Gasteiger partial charge < -0.3 is 14.0 Å². The van der Waals surface area contributed by atoms with Gasteiger partial charge in [-0.3, -0.25) is 4.98 Å². The fraction of sp³-hybridized carbons (Fsp3) is 0.182. The number of nitrogens with zero attached hydrogens (tertiary/aromatic N) is 3. The Kier molecular flexibility index (Phi) is 9.83. The van der Waals surface area contributed by atoms with Crippen LogP contribution >= 0.6 is 0 Å². The molecule has 0 saturated carbocycles. The second-order valence-electron chi connectivity index (χ2n) is 14.1. The van der Waals surface area contributed by atoms with Gasteiger partial charge in [-0.15, -0.1) is 53.6 Å². The fourth-order valence-electron chi connectivity index (χ4n) is 6.95. The Hall–Kier alpha value is -4.61. The number of imidazole rings is 1. The first-order valence-electron chi connectivity index (χ1n) is 16.8. The molecule has 0 bridgehead atoms. The van der Waals surface area contributed by atoms with Gasteiger partial charge in [0.05, 0.1) is 30.5 Å². The second kappa shape index (κ2) is 14.0. The molecule has 3 heterocycles. The number of fused-ring (bicyclic) bond motifs is 4. The molecule has 0 N–H and O–H groups in total. The largest absolute Gasteiger partial charge is 0.501 e. The van der Waals surface area contributed by atoms with Gasteiger partial charge in [-0.1, -0.05) is 97.2 Å². The summed E-state index contributed by atoms with van der Waals surface area (Å²) in [5.41, 5.74) is 14.2. The maximum atomic E-state index is 6.32. The zero-order valence-electron chi connectivity index (χ0n) is 29.9. The molecule has 8 aromatic rings. The molecule has 4 nitrogen and oxygen atoms in total. The average molecular weight is 848 g/mol. The molecule has 0 saturated heterocycles. The maximum Gasteiger partial charge on any atom is 0.120 e. The zero-order valence-corrected chi connectivity index (χ0v) is 33.3. The van der Waals surface area contributed by atoms with Crippen molar-refractivity contribution in [1.29, 1.82) is 0 Å². The molecule has 8 rings (SSSR count). The molecule has 0 aliphatic carbocycles. The molecule has 0 fully saturated rings. The smallest absolute Gasteiger partial charge is 0.120 e. The Balaban J connectivity index is 0.000000196. The van der Waals surface area contributed by atoms with Gasteiger partial charge in [-0.05, 0) is 67.9 Å². The van der Waals surface area contributed by atoms with Crippen LogP contribution in [-0.2, 0) is 20.1 Å². The van der Waals surface area contributed by atoms with Crippen LogP contribution in [0.4, 0.5) is 0 Å². The monoisotopic (exact) mass is 848 g/mol. The molecule has 0 aliphatic rings. The number of aryl methyl sites for hydroxylation is 5. The molecule has 0 amide bonds. The van der Waals surface area contributed by atoms with Crippen LogP contribution in [-0.4, -0.2) is 22.6 Å². The minimum absolute atomic E-state index is 0. The molecule has 5 aromatic carbocycles. The summed E-state index contributed by atoms with van der Waals surface area (Å²) < 4.78 is 8.58. The van der Waals surface area contributed by atoms with Gasteiger partial charge in [0.25, 0.3) is 0 Å². The number of aromatic nitrogens is 3. The van der Waals surface area contributed by atoms with Crippen molar-refractivity contribution in [2.45, 2.75) is 54.3 Å². The summed E-state index contributed by atoms with van der Waals surface area (Å²) in [5.74, 6) is 0.848. The van der Waals surface area contributed by atoms with Gasteiger partial charge in [0.2, 0.25) is 0 Å². The number of pyridine rings is 1. The molecule has 50 heavy (non-hydrogen) atoms. The summed E-state index contributed by atoms with van der Waals surface area (Å²) in [4.78, 5) is 9.67. The van der Waals surface area contributed by atoms with Crippen molar-refractivity contribution in [2.75, 3.05) is 0 Å². The molecule has 0 spiro atoms. The Morgan fingerprint density at radius 1 is 0.720 bits per heavy atom. The van der Waals surface area contributed by atoms with Crippen LogP contribution in [0.3, 0.4) is 0 Å². The van der Waals surface area contributed by atoms with Gasteiger partial charge in [0, 0.05) is 37.4 Å². The van der Waals surface area contributed by atoms with Crippen molar-refractivity contribution in [3.05, 3.63) is 143 Å². The third-order valence-corrected chi connectivity index (χ3v) is 11.3. The summed E-state index contributed by atoms with van der Waals surface area (Å²) in [7, 11) is -1.28. The molecule has 253 valence electrons. The Morgan fingerprint density at radius 3 is 2.14 bits per heavy atom. The van der Waals surface area contributed by atoms with Crippen molar-refractivity contribution in [2.24, 2.45) is 0 Å². The van der Waals surface area contributed by atoms with Crippen LogP contribution in [0.15, 0.2) is 108 Å². The second-order valence-corrected chi connectivity index (χ2v) is 19.2. The van der Waals surface area contributed by atoms with E-state index in [1.54, 1.807) is 0 Å². The molecule has 0 aliphatic heterocycles. The maximum absolute atomic E-state index is 6.32. The Labute approximate surface area is 309 Å². The molecule has 6 heteroatoms. The molecule has 0 unspecified atom stereocenters. The average Bonchev–Trinajstić information content (AvgIpc) is 3.63. The third kappa shape index (κ3) is 6.64. The quantitative estimate of drug-likeness (QED) is 0.131. The van der Waals surface area contributed by atoms with Crippen LogP contribution in [0.2, 0.25) is 19.6 Å². The van der Waals surface area contributed by atoms with E-state index >= 15 is 0 Å². The summed E-state index contributed by atoms with van der Waals surface area (Å²) in [5, 5.41) is 3.64. The first-order chi connectivity index (χ1) is 23.5. The van der Waals surface area contributed by atoms with E-state index in [4.69, 9.17) is 9.40 Å². The topological polar surface area (TPSA) is 43.9 Å². The molecular formula is C44H41IrN3OSi-2. The van der Waals surface area contributed by atoms with Crippen LogP contribution in [0.5, 0.6) is 0 Å². The number of benzene rings is 5. The van der Waals surface area contributed by atoms with Crippen molar-refractivity contribution in [1.82, 2.24) is 14.5 Å². The minimum atomic E-state index is -1.28. The van der Waals surface area contributed by atoms with Gasteiger partial charge in [-0.25, -0.2) is 0 Å². The Bertz CT molecular complexity index is 2460. The SMILES string of the molecule is Cc1c[c-]c(-c2cc(C)c([Si](C)(C)C)cn2)cc1.Cc1cc(C)c(-n2c(-c3[c-]ccc4c3oc3ccccc34)nc3ccccc32)c(C)c1.[Ir]. The van der Waals surface area contributed by atoms with Gasteiger partial charge in [0.15, 0.2) is 0 Å². The van der Waals surface area contributed by atoms with Crippen molar-refractivity contribution < 1.29 is 24.5 Å². The summed E-state index contributed by atoms with van der Waals surface area (Å²) >= 11 is 0. The number of rotatable bonds is 4. The molecule has 1 radical (unpaired) electrons. The summed E-state index contributed by atoms with van der Waals surface area (Å²) in [6.45, 7) is 17.8. The first kappa shape index (κ1) is 35.2. The van der Waals surface area contributed by atoms with E-state index in [2.05, 4.69) is 143 Å². The van der Waals surface area contributed by atoms with Gasteiger partial charge in [0.1, 0.15) is 5.58 Å². The first-order valence-corrected chi connectivity index (χ1v) is 20.3. The van der Waals surface area contributed by atoms with Crippen molar-refractivity contribution >= 4 is 46.2 Å². The molecular weight excluding hydrogens is 807 g/mol. The Morgan fingerprint density at radius 2 is 1.44 bits per heavy atom. The van der Waals surface area contributed by atoms with E-state index in [-0.39, 0.29) is 20.1 Å². The standard InChI is InChI=1S/C28H21N2O.C16H20NSi.Ir/c1-17-15-18(2)26(19(3)16-17)30-24-13-6-5-12-23(24)29-28(30)22-11-8-10-21-20-9-4-7-14-25(20)31-27(21)22;1-12-6-8-14(9-7-12)15-10-13(2)16(11-17-15)18(3,4)5;/h4-10,12-16H,1-3H3;6-8,10-11H,1-5H3;/q2*-1;. The van der Waals surface area contributed by atoms with E-state index in [9.17, 15) is 0 Å². The zero-order chi connectivity index (χ0) is 34.4. The van der Waals surface area contributed by atoms with E-state index in [1.807, 2.05) is 36.4 Å². The van der Waals surface area contributed by atoms with Crippen LogP contribution in [0.25, 0.3) is 61.3 Å². The number of para-hydroxylation sites is 3. The fourth-order valence-corrected chi connectivity index (χ4v) is 8.66. The van der Waals surface area contributed by atoms with E-state index in [0.29, 0.717) is 0 Å². The number of hydrogen-bond donors (Lipinski definition) is 0. The summed E-state index contributed by atoms with van der Waals surface area (Å²) in [6.07, 6.45) is 2.06. The van der Waals surface area contributed by atoms with E-state index in [0.717, 1.165) is 61.3 Å². The van der Waals surface area contributed by atoms with Crippen molar-refractivity contribution in [3.8, 4) is 28.3 Å². The minimum Gasteiger partial charge on any atom is -0.501 e. The predicted molar refractivity (Wildman–Crippen MR) is 208 cm³/mol. The van der Waals surface area contributed by atoms with Crippen molar-refractivity contribution in [3.63, 3.8) is 0 Å². The normalized spacial score (nSPS) is 11.4. The van der Waals surface area contributed by atoms with Gasteiger partial charge in [-0.2, -0.15) is 0 Å². The molecule has 0 atom stereocenters. The number of furan rings is 1. The van der Waals surface area contributed by atoms with Crippen LogP contribution in [0, 0.1) is 46.8 Å². The van der Waals surface area contributed by atoms with E-state index < -0.39 is 8.07 Å². The predicted octanol–water partition coefficient (Wildman–Crippen LogP) is 11.0. The third-order valence-electron chi connectivity index (χ3n) is 9.15. The van der Waals surface area contributed by atoms with Crippen LogP contribution in [0.1, 0.15) is 27.8 Å². The molecule has 3 aromatic heterocycles. The van der Waals surface area contributed by atoms with E-state index in [1.165, 1.54) is 33.0 Å². The summed E-state index contributed by atoms with van der Waals surface area (Å²) in [6, 6.07) is 40.1. The van der Waals surface area contributed by atoms with Crippen LogP contribution < -0.4 is 5.19 Å². The number of hydrogen-bond acceptors (Lipinski definition) is 3. The van der Waals surface area contributed by atoms with Gasteiger partial charge >= 0.3 is 0 Å².